The zero-order valence-electron chi connectivity index (χ0n) is 10.2. The first-order chi connectivity index (χ1) is 9.31. The van der Waals surface area contributed by atoms with E-state index >= 15 is 0 Å². The summed E-state index contributed by atoms with van der Waals surface area (Å²) < 4.78 is 7.64. The van der Waals surface area contributed by atoms with Crippen molar-refractivity contribution in [2.24, 2.45) is 7.05 Å². The molecule has 0 aliphatic heterocycles. The van der Waals surface area contributed by atoms with Gasteiger partial charge in [-0.25, -0.2) is 15.0 Å². The second kappa shape index (κ2) is 3.65. The van der Waals surface area contributed by atoms with Crippen molar-refractivity contribution in [3.05, 3.63) is 42.9 Å². The molecule has 3 heterocycles. The molecule has 0 saturated carbocycles. The molecule has 4 rings (SSSR count). The Morgan fingerprint density at radius 3 is 2.95 bits per heavy atom. The number of rotatable bonds is 1. The number of furan rings is 1. The van der Waals surface area contributed by atoms with Crippen molar-refractivity contribution in [1.29, 1.82) is 0 Å². The molecule has 19 heavy (non-hydrogen) atoms. The molecular weight excluding hydrogens is 240 g/mol. The van der Waals surface area contributed by atoms with Gasteiger partial charge in [-0.05, 0) is 12.1 Å². The van der Waals surface area contributed by atoms with Gasteiger partial charge < -0.3 is 8.98 Å². The van der Waals surface area contributed by atoms with Gasteiger partial charge in [0.1, 0.15) is 11.1 Å². The minimum absolute atomic E-state index is 0.558. The second-order valence-electron chi connectivity index (χ2n) is 4.41. The number of hydrogen-bond donors (Lipinski definition) is 0. The number of aryl methyl sites for hydroxylation is 1. The summed E-state index contributed by atoms with van der Waals surface area (Å²) in [4.78, 5) is 13.0. The zero-order valence-corrected chi connectivity index (χ0v) is 10.2. The lowest BCUT2D eigenvalue weighted by Gasteiger charge is -1.96. The van der Waals surface area contributed by atoms with Gasteiger partial charge in [0.25, 0.3) is 0 Å². The molecule has 0 radical (unpaired) electrons. The van der Waals surface area contributed by atoms with Crippen LogP contribution in [-0.4, -0.2) is 19.5 Å². The van der Waals surface area contributed by atoms with Gasteiger partial charge in [-0.3, -0.25) is 0 Å². The monoisotopic (exact) mass is 250 g/mol. The fourth-order valence-electron chi connectivity index (χ4n) is 2.12. The molecule has 4 aromatic rings. The van der Waals surface area contributed by atoms with Crippen molar-refractivity contribution < 1.29 is 4.42 Å². The maximum Gasteiger partial charge on any atom is 0.197 e. The van der Waals surface area contributed by atoms with E-state index in [0.29, 0.717) is 17.2 Å². The van der Waals surface area contributed by atoms with E-state index in [-0.39, 0.29) is 0 Å². The van der Waals surface area contributed by atoms with Crippen LogP contribution < -0.4 is 0 Å². The number of hydrogen-bond acceptors (Lipinski definition) is 4. The minimum Gasteiger partial charge on any atom is -0.453 e. The summed E-state index contributed by atoms with van der Waals surface area (Å²) in [7, 11) is 1.92. The molecule has 5 nitrogen and oxygen atoms in total. The van der Waals surface area contributed by atoms with E-state index in [1.165, 1.54) is 0 Å². The van der Waals surface area contributed by atoms with E-state index < -0.39 is 0 Å². The summed E-state index contributed by atoms with van der Waals surface area (Å²) in [6.07, 6.45) is 3.49. The third kappa shape index (κ3) is 1.52. The first-order valence-corrected chi connectivity index (χ1v) is 5.94. The van der Waals surface area contributed by atoms with Crippen molar-refractivity contribution >= 4 is 22.1 Å². The molecule has 5 heteroatoms. The van der Waals surface area contributed by atoms with Crippen molar-refractivity contribution in [2.75, 3.05) is 0 Å². The Hall–Kier alpha value is -2.69. The van der Waals surface area contributed by atoms with E-state index in [4.69, 9.17) is 4.42 Å². The molecule has 92 valence electrons. The molecule has 0 N–H and O–H groups in total. The van der Waals surface area contributed by atoms with Crippen LogP contribution in [0.5, 0.6) is 0 Å². The number of para-hydroxylation sites is 1. The van der Waals surface area contributed by atoms with Crippen LogP contribution in [0.2, 0.25) is 0 Å². The van der Waals surface area contributed by atoms with Gasteiger partial charge in [0, 0.05) is 12.4 Å². The van der Waals surface area contributed by atoms with Crippen molar-refractivity contribution in [2.45, 2.75) is 0 Å². The van der Waals surface area contributed by atoms with E-state index in [1.807, 2.05) is 41.9 Å². The van der Waals surface area contributed by atoms with Crippen molar-refractivity contribution in [3.63, 3.8) is 0 Å². The average Bonchev–Trinajstić information content (AvgIpc) is 3.02. The lowest BCUT2D eigenvalue weighted by Crippen LogP contribution is -1.90. The Labute approximate surface area is 108 Å². The van der Waals surface area contributed by atoms with Gasteiger partial charge in [-0.2, -0.15) is 0 Å². The van der Waals surface area contributed by atoms with Gasteiger partial charge >= 0.3 is 0 Å². The maximum absolute atomic E-state index is 5.75. The second-order valence-corrected chi connectivity index (χ2v) is 4.41. The lowest BCUT2D eigenvalue weighted by atomic mass is 10.2. The van der Waals surface area contributed by atoms with E-state index in [0.717, 1.165) is 16.5 Å². The van der Waals surface area contributed by atoms with E-state index in [1.54, 1.807) is 12.5 Å². The zero-order chi connectivity index (χ0) is 12.8. The fraction of sp³-hybridized carbons (Fsp3) is 0.0714. The van der Waals surface area contributed by atoms with E-state index in [2.05, 4.69) is 15.0 Å². The van der Waals surface area contributed by atoms with Crippen LogP contribution >= 0.6 is 0 Å². The maximum atomic E-state index is 5.75. The predicted octanol–water partition coefficient (Wildman–Crippen LogP) is 2.78. The number of imidazole rings is 1. The van der Waals surface area contributed by atoms with Crippen LogP contribution in [0.3, 0.4) is 0 Å². The quantitative estimate of drug-likeness (QED) is 0.521. The van der Waals surface area contributed by atoms with Crippen LogP contribution in [0, 0.1) is 0 Å². The van der Waals surface area contributed by atoms with Crippen molar-refractivity contribution in [3.8, 4) is 11.6 Å². The van der Waals surface area contributed by atoms with Crippen LogP contribution in [-0.2, 0) is 7.05 Å². The molecule has 0 spiro atoms. The summed E-state index contributed by atoms with van der Waals surface area (Å²) in [5.74, 6) is 1.22. The first kappa shape index (κ1) is 10.3. The van der Waals surface area contributed by atoms with E-state index in [9.17, 15) is 0 Å². The van der Waals surface area contributed by atoms with Gasteiger partial charge in [0.2, 0.25) is 0 Å². The summed E-state index contributed by atoms with van der Waals surface area (Å²) in [6, 6.07) is 9.79. The van der Waals surface area contributed by atoms with Gasteiger partial charge in [-0.1, -0.05) is 18.2 Å². The Kier molecular flexibility index (Phi) is 1.97. The molecule has 0 aliphatic carbocycles. The summed E-state index contributed by atoms with van der Waals surface area (Å²) in [5.41, 5.74) is 2.41. The summed E-state index contributed by atoms with van der Waals surface area (Å²) >= 11 is 0. The summed E-state index contributed by atoms with van der Waals surface area (Å²) in [6.45, 7) is 0. The highest BCUT2D eigenvalue weighted by Gasteiger charge is 2.10. The van der Waals surface area contributed by atoms with Crippen LogP contribution in [0.25, 0.3) is 33.7 Å². The average molecular weight is 250 g/mol. The normalized spacial score (nSPS) is 11.4. The third-order valence-electron chi connectivity index (χ3n) is 3.13. The molecule has 0 atom stereocenters. The molecule has 0 aliphatic rings. The number of benzene rings is 1. The summed E-state index contributed by atoms with van der Waals surface area (Å²) in [5, 5.41) is 1.04. The Bertz CT molecular complexity index is 858. The smallest absolute Gasteiger partial charge is 0.197 e. The molecule has 0 amide bonds. The number of aromatic nitrogens is 4. The molecule has 0 bridgehead atoms. The SMILES string of the molecule is Cn1cnc2nc(-c3cc4ccccc4o3)ncc21. The number of fused-ring (bicyclic) bond motifs is 2. The first-order valence-electron chi connectivity index (χ1n) is 5.94. The van der Waals surface area contributed by atoms with Crippen LogP contribution in [0.1, 0.15) is 0 Å². The number of nitrogens with zero attached hydrogens (tertiary/aromatic N) is 4. The third-order valence-corrected chi connectivity index (χ3v) is 3.13. The van der Waals surface area contributed by atoms with Crippen molar-refractivity contribution in [1.82, 2.24) is 19.5 Å². The lowest BCUT2D eigenvalue weighted by molar-refractivity contribution is 0.625. The van der Waals surface area contributed by atoms with Gasteiger partial charge in [-0.15, -0.1) is 0 Å². The molecular formula is C14H10N4O. The predicted molar refractivity (Wildman–Crippen MR) is 71.5 cm³/mol. The standard InChI is InChI=1S/C14H10N4O/c1-18-8-16-13-10(18)7-15-14(17-13)12-6-9-4-2-3-5-11(9)19-12/h2-8H,1H3. The fourth-order valence-corrected chi connectivity index (χ4v) is 2.12. The van der Waals surface area contributed by atoms with Crippen LogP contribution in [0.4, 0.5) is 0 Å². The molecule has 0 saturated heterocycles. The van der Waals surface area contributed by atoms with Gasteiger partial charge in [0.15, 0.2) is 17.2 Å². The largest absolute Gasteiger partial charge is 0.453 e. The highest BCUT2D eigenvalue weighted by atomic mass is 16.3. The Morgan fingerprint density at radius 1 is 1.16 bits per heavy atom. The minimum atomic E-state index is 0.558. The topological polar surface area (TPSA) is 56.7 Å². The molecule has 0 unspecified atom stereocenters. The Morgan fingerprint density at radius 2 is 2.05 bits per heavy atom. The highest BCUT2D eigenvalue weighted by Crippen LogP contribution is 2.25. The Balaban J connectivity index is 1.93. The van der Waals surface area contributed by atoms with Gasteiger partial charge in [0.05, 0.1) is 12.5 Å². The molecule has 0 fully saturated rings. The van der Waals surface area contributed by atoms with Crippen LogP contribution in [0.15, 0.2) is 47.3 Å². The molecule has 1 aromatic carbocycles. The highest BCUT2D eigenvalue weighted by molar-refractivity contribution is 5.82. The molecule has 3 aromatic heterocycles.